The van der Waals surface area contributed by atoms with Crippen LogP contribution in [-0.4, -0.2) is 21.4 Å². The summed E-state index contributed by atoms with van der Waals surface area (Å²) in [6, 6.07) is 21.1. The second-order valence-electron chi connectivity index (χ2n) is 7.74. The summed E-state index contributed by atoms with van der Waals surface area (Å²) in [7, 11) is 0. The first-order chi connectivity index (χ1) is 16.6. The van der Waals surface area contributed by atoms with Gasteiger partial charge in [-0.15, -0.1) is 0 Å². The fraction of sp³-hybridized carbons (Fsp3) is 0.154. The molecule has 4 aromatic rings. The minimum absolute atomic E-state index is 0.172. The molecule has 0 amide bonds. The zero-order valence-corrected chi connectivity index (χ0v) is 19.9. The van der Waals surface area contributed by atoms with Gasteiger partial charge in [0.25, 0.3) is 0 Å². The standard InChI is InChI=1S/C26H22Cl2N4O2/c1-2-33-25-13-19(7-12-24(25)34-15-17-3-8-20(27)9-4-17)23-14-22(18-5-10-21(28)11-6-18)31-26-29-16-30-32(23)26/h3-14,16,23H,2,15H2,1H3,(H,29,30,31)/t23-/m0/s1. The van der Waals surface area contributed by atoms with Gasteiger partial charge in [0.15, 0.2) is 11.5 Å². The first-order valence-electron chi connectivity index (χ1n) is 10.9. The van der Waals surface area contributed by atoms with Crippen molar-refractivity contribution >= 4 is 34.8 Å². The second kappa shape index (κ2) is 9.79. The molecule has 1 atom stereocenters. The summed E-state index contributed by atoms with van der Waals surface area (Å²) in [5.41, 5.74) is 3.97. The quantitative estimate of drug-likeness (QED) is 0.314. The maximum Gasteiger partial charge on any atom is 0.226 e. The van der Waals surface area contributed by atoms with Crippen molar-refractivity contribution in [3.05, 3.63) is 106 Å². The van der Waals surface area contributed by atoms with Gasteiger partial charge in [-0.05, 0) is 66.1 Å². The third-order valence-electron chi connectivity index (χ3n) is 5.48. The van der Waals surface area contributed by atoms with Crippen LogP contribution in [-0.2, 0) is 6.61 Å². The van der Waals surface area contributed by atoms with Crippen LogP contribution in [0.1, 0.15) is 29.7 Å². The Morgan fingerprint density at radius 3 is 2.38 bits per heavy atom. The smallest absolute Gasteiger partial charge is 0.226 e. The minimum atomic E-state index is -0.172. The highest BCUT2D eigenvalue weighted by molar-refractivity contribution is 6.30. The summed E-state index contributed by atoms with van der Waals surface area (Å²) in [6.07, 6.45) is 3.66. The lowest BCUT2D eigenvalue weighted by molar-refractivity contribution is 0.269. The summed E-state index contributed by atoms with van der Waals surface area (Å²) >= 11 is 12.1. The SMILES string of the molecule is CCOc1cc([C@@H]2C=C(c3ccc(Cl)cc3)Nc3ncnn32)ccc1OCc1ccc(Cl)cc1. The molecule has 1 aliphatic heterocycles. The number of nitrogens with zero attached hydrogens (tertiary/aromatic N) is 3. The number of nitrogens with one attached hydrogen (secondary N) is 1. The third-order valence-corrected chi connectivity index (χ3v) is 5.98. The monoisotopic (exact) mass is 492 g/mol. The molecule has 1 N–H and O–H groups in total. The second-order valence-corrected chi connectivity index (χ2v) is 8.61. The van der Waals surface area contributed by atoms with Gasteiger partial charge >= 0.3 is 0 Å². The van der Waals surface area contributed by atoms with Crippen molar-refractivity contribution < 1.29 is 9.47 Å². The predicted molar refractivity (Wildman–Crippen MR) is 135 cm³/mol. The maximum atomic E-state index is 6.07. The summed E-state index contributed by atoms with van der Waals surface area (Å²) in [5.74, 6) is 2.02. The van der Waals surface area contributed by atoms with E-state index < -0.39 is 0 Å². The van der Waals surface area contributed by atoms with E-state index in [0.717, 1.165) is 22.4 Å². The largest absolute Gasteiger partial charge is 0.490 e. The number of benzene rings is 3. The van der Waals surface area contributed by atoms with Gasteiger partial charge in [0.1, 0.15) is 19.0 Å². The van der Waals surface area contributed by atoms with E-state index in [0.29, 0.717) is 40.7 Å². The Labute approximate surface area is 207 Å². The van der Waals surface area contributed by atoms with Crippen molar-refractivity contribution in [1.82, 2.24) is 14.8 Å². The molecule has 0 fully saturated rings. The molecule has 5 rings (SSSR count). The fourth-order valence-electron chi connectivity index (χ4n) is 3.81. The normalized spacial score (nSPS) is 14.7. The van der Waals surface area contributed by atoms with Gasteiger partial charge in [-0.1, -0.05) is 53.5 Å². The van der Waals surface area contributed by atoms with E-state index in [1.54, 1.807) is 6.33 Å². The molecule has 34 heavy (non-hydrogen) atoms. The van der Waals surface area contributed by atoms with Crippen LogP contribution in [0.2, 0.25) is 10.0 Å². The Bertz CT molecular complexity index is 1320. The van der Waals surface area contributed by atoms with E-state index >= 15 is 0 Å². The average molecular weight is 493 g/mol. The Morgan fingerprint density at radius 2 is 1.65 bits per heavy atom. The number of aromatic nitrogens is 3. The van der Waals surface area contributed by atoms with Crippen LogP contribution in [0.5, 0.6) is 11.5 Å². The summed E-state index contributed by atoms with van der Waals surface area (Å²) < 4.78 is 13.8. The molecule has 0 spiro atoms. The fourth-order valence-corrected chi connectivity index (χ4v) is 4.06. The molecule has 0 aliphatic carbocycles. The van der Waals surface area contributed by atoms with E-state index in [4.69, 9.17) is 32.7 Å². The number of hydrogen-bond acceptors (Lipinski definition) is 5. The van der Waals surface area contributed by atoms with Crippen molar-refractivity contribution in [2.45, 2.75) is 19.6 Å². The highest BCUT2D eigenvalue weighted by Crippen LogP contribution is 2.37. The Kier molecular flexibility index (Phi) is 6.43. The van der Waals surface area contributed by atoms with Crippen LogP contribution in [0, 0.1) is 0 Å². The zero-order valence-electron chi connectivity index (χ0n) is 18.4. The van der Waals surface area contributed by atoms with Crippen LogP contribution in [0.4, 0.5) is 5.95 Å². The minimum Gasteiger partial charge on any atom is -0.490 e. The molecule has 0 unspecified atom stereocenters. The lowest BCUT2D eigenvalue weighted by Gasteiger charge is -2.25. The number of rotatable bonds is 7. The van der Waals surface area contributed by atoms with E-state index in [2.05, 4.69) is 21.5 Å². The average Bonchev–Trinajstić information content (AvgIpc) is 3.33. The molecule has 0 saturated carbocycles. The van der Waals surface area contributed by atoms with Gasteiger partial charge in [0.2, 0.25) is 5.95 Å². The molecule has 0 bridgehead atoms. The van der Waals surface area contributed by atoms with Crippen LogP contribution in [0.25, 0.3) is 5.70 Å². The van der Waals surface area contributed by atoms with Gasteiger partial charge in [0, 0.05) is 15.7 Å². The molecule has 1 aliphatic rings. The lowest BCUT2D eigenvalue weighted by atomic mass is 10.0. The van der Waals surface area contributed by atoms with Crippen molar-refractivity contribution in [1.29, 1.82) is 0 Å². The molecule has 8 heteroatoms. The van der Waals surface area contributed by atoms with Crippen molar-refractivity contribution in [3.63, 3.8) is 0 Å². The van der Waals surface area contributed by atoms with E-state index in [9.17, 15) is 0 Å². The number of hydrogen-bond donors (Lipinski definition) is 1. The van der Waals surface area contributed by atoms with Crippen LogP contribution in [0.3, 0.4) is 0 Å². The number of allylic oxidation sites excluding steroid dienone is 1. The first kappa shape index (κ1) is 22.3. The molecule has 172 valence electrons. The summed E-state index contributed by atoms with van der Waals surface area (Å²) in [6.45, 7) is 2.89. The van der Waals surface area contributed by atoms with Crippen molar-refractivity contribution in [3.8, 4) is 11.5 Å². The number of anilines is 1. The molecule has 0 saturated heterocycles. The van der Waals surface area contributed by atoms with Gasteiger partial charge in [-0.25, -0.2) is 4.68 Å². The maximum absolute atomic E-state index is 6.07. The number of halogens is 2. The van der Waals surface area contributed by atoms with Crippen LogP contribution < -0.4 is 14.8 Å². The van der Waals surface area contributed by atoms with Crippen molar-refractivity contribution in [2.24, 2.45) is 0 Å². The topological polar surface area (TPSA) is 61.2 Å². The first-order valence-corrected chi connectivity index (χ1v) is 11.6. The highest BCUT2D eigenvalue weighted by atomic mass is 35.5. The van der Waals surface area contributed by atoms with E-state index in [1.165, 1.54) is 0 Å². The van der Waals surface area contributed by atoms with Gasteiger partial charge in [-0.2, -0.15) is 10.1 Å². The molecule has 6 nitrogen and oxygen atoms in total. The van der Waals surface area contributed by atoms with E-state index in [-0.39, 0.29) is 6.04 Å². The highest BCUT2D eigenvalue weighted by Gasteiger charge is 2.24. The Balaban J connectivity index is 1.46. The molecule has 1 aromatic heterocycles. The van der Waals surface area contributed by atoms with Crippen LogP contribution in [0.15, 0.2) is 79.1 Å². The summed E-state index contributed by atoms with van der Waals surface area (Å²) in [4.78, 5) is 4.38. The van der Waals surface area contributed by atoms with Crippen molar-refractivity contribution in [2.75, 3.05) is 11.9 Å². The Hall–Kier alpha value is -3.48. The lowest BCUT2D eigenvalue weighted by Crippen LogP contribution is -2.20. The molecule has 0 radical (unpaired) electrons. The van der Waals surface area contributed by atoms with Gasteiger partial charge in [0.05, 0.1) is 6.61 Å². The summed E-state index contributed by atoms with van der Waals surface area (Å²) in [5, 5.41) is 9.17. The number of ether oxygens (including phenoxy) is 2. The molecule has 3 aromatic carbocycles. The zero-order chi connectivity index (χ0) is 23.5. The molecular weight excluding hydrogens is 471 g/mol. The predicted octanol–water partition coefficient (Wildman–Crippen LogP) is 6.62. The van der Waals surface area contributed by atoms with E-state index in [1.807, 2.05) is 78.3 Å². The Morgan fingerprint density at radius 1 is 0.912 bits per heavy atom. The van der Waals surface area contributed by atoms with Gasteiger partial charge < -0.3 is 14.8 Å². The van der Waals surface area contributed by atoms with Gasteiger partial charge in [-0.3, -0.25) is 0 Å². The molecular formula is C26H22Cl2N4O2. The third kappa shape index (κ3) is 4.74. The van der Waals surface area contributed by atoms with Crippen LogP contribution >= 0.6 is 23.2 Å². The molecule has 2 heterocycles. The number of fused-ring (bicyclic) bond motifs is 1.